The third kappa shape index (κ3) is 3.56. The molecule has 0 bridgehead atoms. The lowest BCUT2D eigenvalue weighted by Crippen LogP contribution is -2.51. The van der Waals surface area contributed by atoms with Crippen LogP contribution >= 0.6 is 0 Å². The van der Waals surface area contributed by atoms with Gasteiger partial charge in [0.2, 0.25) is 0 Å². The number of nitrogens with zero attached hydrogens (tertiary/aromatic N) is 2. The molecule has 0 unspecified atom stereocenters. The van der Waals surface area contributed by atoms with Crippen LogP contribution in [0.3, 0.4) is 0 Å². The van der Waals surface area contributed by atoms with Crippen molar-refractivity contribution in [3.8, 4) is 0 Å². The SMILES string of the molecule is c1ccc(CN2CCN(C3CCOCC3)CC2)cc1. The van der Waals surface area contributed by atoms with Crippen molar-refractivity contribution in [2.45, 2.75) is 25.4 Å². The van der Waals surface area contributed by atoms with Gasteiger partial charge in [-0.05, 0) is 18.4 Å². The van der Waals surface area contributed by atoms with Crippen LogP contribution in [0.25, 0.3) is 0 Å². The van der Waals surface area contributed by atoms with Crippen molar-refractivity contribution < 1.29 is 4.74 Å². The largest absolute Gasteiger partial charge is 0.381 e. The Morgan fingerprint density at radius 3 is 2.32 bits per heavy atom. The van der Waals surface area contributed by atoms with Gasteiger partial charge in [-0.3, -0.25) is 9.80 Å². The molecule has 0 amide bonds. The van der Waals surface area contributed by atoms with Crippen molar-refractivity contribution in [1.29, 1.82) is 0 Å². The fraction of sp³-hybridized carbons (Fsp3) is 0.625. The van der Waals surface area contributed by atoms with E-state index in [2.05, 4.69) is 40.1 Å². The van der Waals surface area contributed by atoms with Gasteiger partial charge in [0.15, 0.2) is 0 Å². The molecule has 2 aliphatic rings. The van der Waals surface area contributed by atoms with Gasteiger partial charge in [-0.2, -0.15) is 0 Å². The number of piperazine rings is 1. The van der Waals surface area contributed by atoms with Gasteiger partial charge in [0.25, 0.3) is 0 Å². The maximum Gasteiger partial charge on any atom is 0.0480 e. The fourth-order valence-corrected chi connectivity index (χ4v) is 3.18. The third-order valence-electron chi connectivity index (χ3n) is 4.36. The molecule has 0 aliphatic carbocycles. The molecule has 0 atom stereocenters. The number of hydrogen-bond donors (Lipinski definition) is 0. The summed E-state index contributed by atoms with van der Waals surface area (Å²) in [7, 11) is 0. The van der Waals surface area contributed by atoms with Crippen LogP contribution in [-0.4, -0.2) is 55.2 Å². The van der Waals surface area contributed by atoms with Gasteiger partial charge in [-0.25, -0.2) is 0 Å². The highest BCUT2D eigenvalue weighted by molar-refractivity contribution is 5.14. The Morgan fingerprint density at radius 1 is 0.947 bits per heavy atom. The second kappa shape index (κ2) is 6.51. The summed E-state index contributed by atoms with van der Waals surface area (Å²) in [4.78, 5) is 5.25. The van der Waals surface area contributed by atoms with Crippen LogP contribution in [0, 0.1) is 0 Å². The topological polar surface area (TPSA) is 15.7 Å². The molecule has 2 fully saturated rings. The maximum atomic E-state index is 5.45. The summed E-state index contributed by atoms with van der Waals surface area (Å²) in [5.41, 5.74) is 1.43. The van der Waals surface area contributed by atoms with Gasteiger partial charge in [-0.15, -0.1) is 0 Å². The molecule has 0 N–H and O–H groups in total. The molecule has 104 valence electrons. The lowest BCUT2D eigenvalue weighted by molar-refractivity contribution is 0.0126. The Labute approximate surface area is 116 Å². The smallest absolute Gasteiger partial charge is 0.0480 e. The van der Waals surface area contributed by atoms with Gasteiger partial charge < -0.3 is 4.74 Å². The van der Waals surface area contributed by atoms with E-state index in [1.807, 2.05) is 0 Å². The summed E-state index contributed by atoms with van der Waals surface area (Å²) in [5, 5.41) is 0. The first kappa shape index (κ1) is 13.1. The maximum absolute atomic E-state index is 5.45. The van der Waals surface area contributed by atoms with E-state index in [1.165, 1.54) is 44.6 Å². The quantitative estimate of drug-likeness (QED) is 0.826. The molecule has 2 saturated heterocycles. The molecule has 1 aromatic rings. The average molecular weight is 260 g/mol. The zero-order valence-corrected chi connectivity index (χ0v) is 11.6. The Balaban J connectivity index is 1.46. The highest BCUT2D eigenvalue weighted by atomic mass is 16.5. The number of benzene rings is 1. The van der Waals surface area contributed by atoms with Crippen molar-refractivity contribution >= 4 is 0 Å². The third-order valence-corrected chi connectivity index (χ3v) is 4.36. The predicted molar refractivity (Wildman–Crippen MR) is 77.1 cm³/mol. The Kier molecular flexibility index (Phi) is 4.49. The lowest BCUT2D eigenvalue weighted by Gasteiger charge is -2.40. The van der Waals surface area contributed by atoms with Crippen LogP contribution in [0.15, 0.2) is 30.3 Å². The summed E-state index contributed by atoms with van der Waals surface area (Å²) in [6.45, 7) is 7.85. The fourth-order valence-electron chi connectivity index (χ4n) is 3.18. The Morgan fingerprint density at radius 2 is 1.63 bits per heavy atom. The molecule has 2 heterocycles. The first-order chi connectivity index (χ1) is 9.42. The summed E-state index contributed by atoms with van der Waals surface area (Å²) < 4.78 is 5.45. The van der Waals surface area contributed by atoms with Crippen molar-refractivity contribution in [2.75, 3.05) is 39.4 Å². The monoisotopic (exact) mass is 260 g/mol. The van der Waals surface area contributed by atoms with Gasteiger partial charge in [0.05, 0.1) is 0 Å². The molecule has 19 heavy (non-hydrogen) atoms. The van der Waals surface area contributed by atoms with E-state index < -0.39 is 0 Å². The Hall–Kier alpha value is -0.900. The van der Waals surface area contributed by atoms with Crippen LogP contribution in [0.5, 0.6) is 0 Å². The van der Waals surface area contributed by atoms with Gasteiger partial charge >= 0.3 is 0 Å². The van der Waals surface area contributed by atoms with E-state index in [1.54, 1.807) is 0 Å². The second-order valence-electron chi connectivity index (χ2n) is 5.64. The summed E-state index contributed by atoms with van der Waals surface area (Å²) in [6, 6.07) is 11.6. The van der Waals surface area contributed by atoms with Crippen LogP contribution in [0.1, 0.15) is 18.4 Å². The summed E-state index contributed by atoms with van der Waals surface area (Å²) >= 11 is 0. The van der Waals surface area contributed by atoms with E-state index in [0.717, 1.165) is 25.8 Å². The van der Waals surface area contributed by atoms with Crippen molar-refractivity contribution in [3.05, 3.63) is 35.9 Å². The zero-order chi connectivity index (χ0) is 12.9. The Bertz CT molecular complexity index is 368. The minimum atomic E-state index is 0.771. The zero-order valence-electron chi connectivity index (χ0n) is 11.6. The molecule has 0 spiro atoms. The highest BCUT2D eigenvalue weighted by Gasteiger charge is 2.25. The van der Waals surface area contributed by atoms with Gasteiger partial charge in [0, 0.05) is 52.0 Å². The first-order valence-electron chi connectivity index (χ1n) is 7.50. The van der Waals surface area contributed by atoms with Gasteiger partial charge in [0.1, 0.15) is 0 Å². The van der Waals surface area contributed by atoms with Crippen LogP contribution in [0.2, 0.25) is 0 Å². The minimum Gasteiger partial charge on any atom is -0.381 e. The second-order valence-corrected chi connectivity index (χ2v) is 5.64. The van der Waals surface area contributed by atoms with Crippen molar-refractivity contribution in [3.63, 3.8) is 0 Å². The van der Waals surface area contributed by atoms with Crippen LogP contribution in [-0.2, 0) is 11.3 Å². The molecule has 0 saturated carbocycles. The molecule has 3 nitrogen and oxygen atoms in total. The molecule has 0 radical (unpaired) electrons. The minimum absolute atomic E-state index is 0.771. The number of ether oxygens (including phenoxy) is 1. The molecule has 3 rings (SSSR count). The molecular formula is C16H24N2O. The standard InChI is InChI=1S/C16H24N2O/c1-2-4-15(5-3-1)14-17-8-10-18(11-9-17)16-6-12-19-13-7-16/h1-5,16H,6-14H2. The van der Waals surface area contributed by atoms with Crippen LogP contribution < -0.4 is 0 Å². The summed E-state index contributed by atoms with van der Waals surface area (Å²) in [5.74, 6) is 0. The average Bonchev–Trinajstić information content (AvgIpc) is 2.50. The number of rotatable bonds is 3. The van der Waals surface area contributed by atoms with Crippen LogP contribution in [0.4, 0.5) is 0 Å². The van der Waals surface area contributed by atoms with Crippen molar-refractivity contribution in [1.82, 2.24) is 9.80 Å². The first-order valence-corrected chi connectivity index (χ1v) is 7.50. The number of hydrogen-bond acceptors (Lipinski definition) is 3. The van der Waals surface area contributed by atoms with E-state index in [0.29, 0.717) is 0 Å². The van der Waals surface area contributed by atoms with E-state index >= 15 is 0 Å². The van der Waals surface area contributed by atoms with E-state index in [9.17, 15) is 0 Å². The highest BCUT2D eigenvalue weighted by Crippen LogP contribution is 2.17. The molecule has 3 heteroatoms. The van der Waals surface area contributed by atoms with E-state index in [-0.39, 0.29) is 0 Å². The molecule has 1 aromatic carbocycles. The van der Waals surface area contributed by atoms with Crippen molar-refractivity contribution in [2.24, 2.45) is 0 Å². The van der Waals surface area contributed by atoms with Gasteiger partial charge in [-0.1, -0.05) is 30.3 Å². The molecule has 2 aliphatic heterocycles. The summed E-state index contributed by atoms with van der Waals surface area (Å²) in [6.07, 6.45) is 2.44. The lowest BCUT2D eigenvalue weighted by atomic mass is 10.1. The van der Waals surface area contributed by atoms with E-state index in [4.69, 9.17) is 4.74 Å². The molecule has 0 aromatic heterocycles. The molecular weight excluding hydrogens is 236 g/mol. The predicted octanol–water partition coefficient (Wildman–Crippen LogP) is 1.98. The normalized spacial score (nSPS) is 23.6.